The van der Waals surface area contributed by atoms with Crippen LogP contribution in [0.1, 0.15) is 6.42 Å². The van der Waals surface area contributed by atoms with Gasteiger partial charge in [-0.15, -0.1) is 0 Å². The Hall–Kier alpha value is -2.76. The average Bonchev–Trinajstić information content (AvgIpc) is 2.58. The highest BCUT2D eigenvalue weighted by atomic mass is 16.6. The van der Waals surface area contributed by atoms with E-state index >= 15 is 0 Å². The van der Waals surface area contributed by atoms with Gasteiger partial charge < -0.3 is 18.9 Å². The maximum Gasteiger partial charge on any atom is 0.330 e. The van der Waals surface area contributed by atoms with E-state index in [1.165, 1.54) is 0 Å². The highest BCUT2D eigenvalue weighted by Gasteiger charge is 2.01. The molecule has 0 fully saturated rings. The maximum atomic E-state index is 10.9. The topological polar surface area (TPSA) is 71.1 Å². The van der Waals surface area contributed by atoms with Crippen molar-refractivity contribution in [2.75, 3.05) is 26.4 Å². The Balaban J connectivity index is 2.24. The van der Waals surface area contributed by atoms with Crippen molar-refractivity contribution in [2.24, 2.45) is 0 Å². The molecule has 1 aromatic rings. The van der Waals surface area contributed by atoms with Crippen LogP contribution in [0.4, 0.5) is 0 Å². The summed E-state index contributed by atoms with van der Waals surface area (Å²) in [5.74, 6) is 0.316. The third-order valence-electron chi connectivity index (χ3n) is 2.54. The Morgan fingerprint density at radius 2 is 1.43 bits per heavy atom. The van der Waals surface area contributed by atoms with E-state index in [1.807, 2.05) is 0 Å². The molecule has 0 saturated heterocycles. The number of hydrogen-bond acceptors (Lipinski definition) is 6. The molecule has 0 aliphatic heterocycles. The van der Waals surface area contributed by atoms with Crippen LogP contribution in [0.2, 0.25) is 0 Å². The van der Waals surface area contributed by atoms with E-state index < -0.39 is 11.9 Å². The lowest BCUT2D eigenvalue weighted by molar-refractivity contribution is -0.139. The van der Waals surface area contributed by atoms with Crippen LogP contribution in [0, 0.1) is 0 Å². The van der Waals surface area contributed by atoms with Crippen molar-refractivity contribution in [3.05, 3.63) is 49.6 Å². The minimum absolute atomic E-state index is 0.143. The maximum absolute atomic E-state index is 10.9. The lowest BCUT2D eigenvalue weighted by Gasteiger charge is -2.09. The monoisotopic (exact) mass is 320 g/mol. The van der Waals surface area contributed by atoms with Crippen LogP contribution in [0.15, 0.2) is 49.6 Å². The predicted octanol–water partition coefficient (Wildman–Crippen LogP) is 2.29. The molecule has 0 aliphatic rings. The van der Waals surface area contributed by atoms with E-state index in [1.54, 1.807) is 24.3 Å². The Kier molecular flexibility index (Phi) is 8.66. The van der Waals surface area contributed by atoms with Gasteiger partial charge in [0.2, 0.25) is 0 Å². The second-order valence-electron chi connectivity index (χ2n) is 4.27. The number of ether oxygens (including phenoxy) is 4. The quantitative estimate of drug-likeness (QED) is 0.354. The summed E-state index contributed by atoms with van der Waals surface area (Å²) in [6, 6.07) is 7.08. The lowest BCUT2D eigenvalue weighted by atomic mass is 10.3. The Bertz CT molecular complexity index is 538. The van der Waals surface area contributed by atoms with E-state index in [-0.39, 0.29) is 19.8 Å². The largest absolute Gasteiger partial charge is 0.493 e. The second-order valence-corrected chi connectivity index (χ2v) is 4.27. The molecular formula is C17H20O6. The van der Waals surface area contributed by atoms with Crippen molar-refractivity contribution in [3.8, 4) is 11.5 Å². The molecule has 6 heteroatoms. The number of rotatable bonds is 11. The van der Waals surface area contributed by atoms with Gasteiger partial charge >= 0.3 is 11.9 Å². The fourth-order valence-corrected chi connectivity index (χ4v) is 1.50. The molecule has 0 bridgehead atoms. The van der Waals surface area contributed by atoms with Gasteiger partial charge in [0.25, 0.3) is 0 Å². The first-order chi connectivity index (χ1) is 11.2. The number of esters is 2. The molecule has 0 saturated carbocycles. The average molecular weight is 320 g/mol. The van der Waals surface area contributed by atoms with Crippen LogP contribution >= 0.6 is 0 Å². The van der Waals surface area contributed by atoms with Crippen LogP contribution in [-0.4, -0.2) is 38.4 Å². The SMILES string of the molecule is C=CC(=O)OCCCOc1cccc(OCCOC(=O)C=C)c1. The molecule has 23 heavy (non-hydrogen) atoms. The van der Waals surface area contributed by atoms with Crippen LogP contribution in [0.5, 0.6) is 11.5 Å². The molecule has 0 aromatic heterocycles. The molecule has 1 aromatic carbocycles. The summed E-state index contributed by atoms with van der Waals surface area (Å²) >= 11 is 0. The lowest BCUT2D eigenvalue weighted by Crippen LogP contribution is -2.10. The summed E-state index contributed by atoms with van der Waals surface area (Å²) in [5.41, 5.74) is 0. The van der Waals surface area contributed by atoms with Crippen LogP contribution in [-0.2, 0) is 19.1 Å². The third-order valence-corrected chi connectivity index (χ3v) is 2.54. The van der Waals surface area contributed by atoms with Crippen molar-refractivity contribution in [2.45, 2.75) is 6.42 Å². The minimum atomic E-state index is -0.483. The fraction of sp³-hybridized carbons (Fsp3) is 0.294. The number of carbonyl (C=O) groups excluding carboxylic acids is 2. The molecule has 0 heterocycles. The summed E-state index contributed by atoms with van der Waals surface area (Å²) in [4.78, 5) is 21.7. The normalized spacial score (nSPS) is 9.57. The zero-order chi connectivity index (χ0) is 16.9. The first-order valence-corrected chi connectivity index (χ1v) is 7.09. The molecule has 0 amide bonds. The zero-order valence-corrected chi connectivity index (χ0v) is 12.9. The van der Waals surface area contributed by atoms with Gasteiger partial charge in [0.05, 0.1) is 13.2 Å². The summed E-state index contributed by atoms with van der Waals surface area (Å²) in [6.45, 7) is 7.67. The van der Waals surface area contributed by atoms with Gasteiger partial charge in [-0.2, -0.15) is 0 Å². The molecule has 124 valence electrons. The van der Waals surface area contributed by atoms with E-state index in [2.05, 4.69) is 13.2 Å². The van der Waals surface area contributed by atoms with Crippen molar-refractivity contribution in [3.63, 3.8) is 0 Å². The van der Waals surface area contributed by atoms with Gasteiger partial charge in [-0.3, -0.25) is 0 Å². The summed E-state index contributed by atoms with van der Waals surface area (Å²) in [7, 11) is 0. The number of hydrogen-bond donors (Lipinski definition) is 0. The molecule has 1 rings (SSSR count). The molecule has 0 spiro atoms. The Morgan fingerprint density at radius 3 is 2.04 bits per heavy atom. The van der Waals surface area contributed by atoms with Gasteiger partial charge in [-0.05, 0) is 12.1 Å². The molecule has 0 atom stereocenters. The first kappa shape index (κ1) is 18.3. The van der Waals surface area contributed by atoms with E-state index in [4.69, 9.17) is 18.9 Å². The molecule has 0 aliphatic carbocycles. The first-order valence-electron chi connectivity index (χ1n) is 7.09. The van der Waals surface area contributed by atoms with Gasteiger partial charge in [-0.1, -0.05) is 19.2 Å². The fourth-order valence-electron chi connectivity index (χ4n) is 1.50. The van der Waals surface area contributed by atoms with Crippen molar-refractivity contribution < 1.29 is 28.5 Å². The van der Waals surface area contributed by atoms with E-state index in [0.717, 1.165) is 12.2 Å². The number of benzene rings is 1. The third kappa shape index (κ3) is 8.31. The zero-order valence-electron chi connectivity index (χ0n) is 12.9. The summed E-state index contributed by atoms with van der Waals surface area (Å²) in [6.07, 6.45) is 2.79. The molecular weight excluding hydrogens is 300 g/mol. The molecule has 6 nitrogen and oxygen atoms in total. The van der Waals surface area contributed by atoms with Crippen LogP contribution in [0.3, 0.4) is 0 Å². The smallest absolute Gasteiger partial charge is 0.330 e. The minimum Gasteiger partial charge on any atom is -0.493 e. The second kappa shape index (κ2) is 10.9. The molecule has 0 N–H and O–H groups in total. The molecule has 0 unspecified atom stereocenters. The summed E-state index contributed by atoms with van der Waals surface area (Å²) in [5, 5.41) is 0. The van der Waals surface area contributed by atoms with Crippen LogP contribution < -0.4 is 9.47 Å². The molecule has 0 radical (unpaired) electrons. The van der Waals surface area contributed by atoms with Gasteiger partial charge in [0.1, 0.15) is 24.7 Å². The standard InChI is InChI=1S/C17H20O6/c1-3-16(18)22-10-6-9-20-14-7-5-8-15(13-14)21-11-12-23-17(19)4-2/h3-5,7-8,13H,1-2,6,9-12H2. The predicted molar refractivity (Wildman–Crippen MR) is 84.4 cm³/mol. The number of carbonyl (C=O) groups is 2. The van der Waals surface area contributed by atoms with Gasteiger partial charge in [-0.25, -0.2) is 9.59 Å². The Morgan fingerprint density at radius 1 is 0.870 bits per heavy atom. The van der Waals surface area contributed by atoms with Crippen molar-refractivity contribution in [1.82, 2.24) is 0 Å². The van der Waals surface area contributed by atoms with Gasteiger partial charge in [0, 0.05) is 24.6 Å². The Labute approximate surface area is 135 Å². The highest BCUT2D eigenvalue weighted by Crippen LogP contribution is 2.19. The van der Waals surface area contributed by atoms with Gasteiger partial charge in [0.15, 0.2) is 0 Å². The van der Waals surface area contributed by atoms with E-state index in [0.29, 0.717) is 24.5 Å². The summed E-state index contributed by atoms with van der Waals surface area (Å²) < 4.78 is 20.6. The van der Waals surface area contributed by atoms with E-state index in [9.17, 15) is 9.59 Å². The van der Waals surface area contributed by atoms with Crippen molar-refractivity contribution in [1.29, 1.82) is 0 Å². The highest BCUT2D eigenvalue weighted by molar-refractivity contribution is 5.81. The van der Waals surface area contributed by atoms with Crippen molar-refractivity contribution >= 4 is 11.9 Å². The van der Waals surface area contributed by atoms with Crippen LogP contribution in [0.25, 0.3) is 0 Å².